The zero-order valence-corrected chi connectivity index (χ0v) is 24.3. The molecule has 2 aromatic heterocycles. The molecule has 8 nitrogen and oxygen atoms in total. The molecule has 2 aromatic rings. The van der Waals surface area contributed by atoms with Crippen LogP contribution in [0, 0.1) is 13.8 Å². The number of ether oxygens (including phenoxy) is 1. The number of nitrogens with zero attached hydrogens (tertiary/aromatic N) is 4. The van der Waals surface area contributed by atoms with E-state index in [0.29, 0.717) is 30.0 Å². The molecule has 0 unspecified atom stereocenters. The summed E-state index contributed by atoms with van der Waals surface area (Å²) in [5.74, 6) is 2.68. The number of furan rings is 1. The summed E-state index contributed by atoms with van der Waals surface area (Å²) in [6, 6.07) is 3.70. The van der Waals surface area contributed by atoms with Crippen LogP contribution in [-0.2, 0) is 0 Å². The predicted octanol–water partition coefficient (Wildman–Crippen LogP) is 6.83. The Morgan fingerprint density at radius 2 is 1.60 bits per heavy atom. The average Bonchev–Trinajstić information content (AvgIpc) is 3.19. The van der Waals surface area contributed by atoms with E-state index in [0.717, 1.165) is 43.8 Å². The van der Waals surface area contributed by atoms with Crippen LogP contribution in [0.1, 0.15) is 91.7 Å². The van der Waals surface area contributed by atoms with Crippen molar-refractivity contribution in [1.82, 2.24) is 15.3 Å². The van der Waals surface area contributed by atoms with Gasteiger partial charge in [0.2, 0.25) is 17.7 Å². The van der Waals surface area contributed by atoms with E-state index in [9.17, 15) is 0 Å². The van der Waals surface area contributed by atoms with Crippen LogP contribution in [0.2, 0.25) is 0 Å². The first-order chi connectivity index (χ1) is 17.0. The highest BCUT2D eigenvalue weighted by molar-refractivity contribution is 5.78. The minimum absolute atomic E-state index is 0.536. The summed E-state index contributed by atoms with van der Waals surface area (Å²) in [5, 5.41) is 7.31. The maximum atomic E-state index is 5.78. The van der Waals surface area contributed by atoms with Gasteiger partial charge in [0.1, 0.15) is 12.4 Å². The molecule has 202 valence electrons. The van der Waals surface area contributed by atoms with Crippen molar-refractivity contribution in [2.75, 3.05) is 43.6 Å². The van der Waals surface area contributed by atoms with Crippen molar-refractivity contribution in [3.05, 3.63) is 29.2 Å². The second kappa shape index (κ2) is 23.1. The van der Waals surface area contributed by atoms with Crippen LogP contribution in [0.5, 0.6) is 5.88 Å². The Balaban J connectivity index is 0. The second-order valence-electron chi connectivity index (χ2n) is 7.30. The predicted molar refractivity (Wildman–Crippen MR) is 152 cm³/mol. The van der Waals surface area contributed by atoms with Gasteiger partial charge in [-0.25, -0.2) is 10.4 Å². The summed E-state index contributed by atoms with van der Waals surface area (Å²) in [6.07, 6.45) is 4.95. The molecular weight excluding hydrogens is 440 g/mol. The Labute approximate surface area is 215 Å². The Morgan fingerprint density at radius 3 is 2.09 bits per heavy atom. The van der Waals surface area contributed by atoms with Gasteiger partial charge in [0, 0.05) is 31.8 Å². The highest BCUT2D eigenvalue weighted by Gasteiger charge is 2.12. The molecule has 8 heteroatoms. The minimum Gasteiger partial charge on any atom is -0.476 e. The number of hydrogen-bond acceptors (Lipinski definition) is 8. The number of hydrogen-bond donors (Lipinski definition) is 2. The number of aromatic nitrogens is 2. The normalized spacial score (nSPS) is 9.80. The molecule has 0 spiro atoms. The number of rotatable bonds is 12. The lowest BCUT2D eigenvalue weighted by molar-refractivity contribution is 0.306. The summed E-state index contributed by atoms with van der Waals surface area (Å²) in [6.45, 7) is 23.5. The molecule has 0 saturated carbocycles. The molecule has 0 aliphatic rings. The molecule has 2 N–H and O–H groups in total. The van der Waals surface area contributed by atoms with Gasteiger partial charge in [0.15, 0.2) is 0 Å². The van der Waals surface area contributed by atoms with Crippen LogP contribution in [0.25, 0.3) is 0 Å². The van der Waals surface area contributed by atoms with Gasteiger partial charge in [-0.15, -0.1) is 0 Å². The molecule has 0 aromatic carbocycles. The smallest absolute Gasteiger partial charge is 0.229 e. The fourth-order valence-corrected chi connectivity index (χ4v) is 2.61. The summed E-state index contributed by atoms with van der Waals surface area (Å²) in [7, 11) is 1.89. The van der Waals surface area contributed by atoms with Crippen molar-refractivity contribution in [1.29, 1.82) is 0 Å². The van der Waals surface area contributed by atoms with Crippen molar-refractivity contribution in [2.24, 2.45) is 5.10 Å². The summed E-state index contributed by atoms with van der Waals surface area (Å²) in [4.78, 5) is 11.4. The maximum absolute atomic E-state index is 5.78. The van der Waals surface area contributed by atoms with E-state index < -0.39 is 0 Å². The van der Waals surface area contributed by atoms with E-state index in [1.807, 2.05) is 54.7 Å². The lowest BCUT2D eigenvalue weighted by atomic mass is 10.3. The standard InChI is InChI=1S/C20H32N6O2.C3H8.2C2H6/c1-6-9-26(10-7-2)20-23-17(13-18(24-20)27-11-8-21-5)14-22-25-19-12-15(3)16(4)28-19;1-3-2;2*1-2/h12-14,21,25H,6-11H2,1-5H3;3H2,1-2H3;2*1-2H3/b22-14+;;;. The fourth-order valence-electron chi connectivity index (χ4n) is 2.61. The lowest BCUT2D eigenvalue weighted by Crippen LogP contribution is -2.27. The largest absolute Gasteiger partial charge is 0.476 e. The molecule has 0 radical (unpaired) electrons. The van der Waals surface area contributed by atoms with Crippen LogP contribution in [-0.4, -0.2) is 49.5 Å². The quantitative estimate of drug-likeness (QED) is 0.191. The molecule has 35 heavy (non-hydrogen) atoms. The molecule has 2 heterocycles. The Bertz CT molecular complexity index is 752. The molecular formula is C27H52N6O2. The van der Waals surface area contributed by atoms with E-state index in [1.165, 1.54) is 6.42 Å². The van der Waals surface area contributed by atoms with Gasteiger partial charge < -0.3 is 19.4 Å². The summed E-state index contributed by atoms with van der Waals surface area (Å²) in [5.41, 5.74) is 4.66. The van der Waals surface area contributed by atoms with Crippen molar-refractivity contribution >= 4 is 18.0 Å². The highest BCUT2D eigenvalue weighted by Crippen LogP contribution is 2.18. The molecule has 0 bridgehead atoms. The first-order valence-corrected chi connectivity index (χ1v) is 13.3. The third-order valence-corrected chi connectivity index (χ3v) is 4.12. The number of anilines is 2. The monoisotopic (exact) mass is 492 g/mol. The first kappa shape index (κ1) is 34.6. The van der Waals surface area contributed by atoms with Gasteiger partial charge in [-0.05, 0) is 39.3 Å². The lowest BCUT2D eigenvalue weighted by Gasteiger charge is -2.22. The van der Waals surface area contributed by atoms with E-state index in [4.69, 9.17) is 9.15 Å². The number of likely N-dealkylation sites (N-methyl/N-ethyl adjacent to an activating group) is 1. The van der Waals surface area contributed by atoms with Crippen LogP contribution in [0.3, 0.4) is 0 Å². The van der Waals surface area contributed by atoms with E-state index >= 15 is 0 Å². The SMILES string of the molecule is CC.CC.CCC.CCCN(CCC)c1nc(/C=N/Nc2cc(C)c(C)o2)cc(OCCNC)n1. The van der Waals surface area contributed by atoms with Gasteiger partial charge in [-0.2, -0.15) is 10.1 Å². The maximum Gasteiger partial charge on any atom is 0.229 e. The van der Waals surface area contributed by atoms with Gasteiger partial charge in [0.25, 0.3) is 0 Å². The Morgan fingerprint density at radius 1 is 1.00 bits per heavy atom. The Hall–Kier alpha value is -2.61. The van der Waals surface area contributed by atoms with Crippen LogP contribution < -0.4 is 20.4 Å². The molecule has 0 aliphatic heterocycles. The average molecular weight is 493 g/mol. The van der Waals surface area contributed by atoms with Crippen molar-refractivity contribution < 1.29 is 9.15 Å². The van der Waals surface area contributed by atoms with Crippen molar-refractivity contribution in [3.63, 3.8) is 0 Å². The zero-order valence-electron chi connectivity index (χ0n) is 24.3. The number of aryl methyl sites for hydroxylation is 2. The van der Waals surface area contributed by atoms with Gasteiger partial charge in [-0.1, -0.05) is 61.8 Å². The highest BCUT2D eigenvalue weighted by atomic mass is 16.5. The van der Waals surface area contributed by atoms with E-state index in [-0.39, 0.29) is 0 Å². The third-order valence-electron chi connectivity index (χ3n) is 4.12. The van der Waals surface area contributed by atoms with Gasteiger partial charge >= 0.3 is 0 Å². The Kier molecular flexibility index (Phi) is 22.9. The van der Waals surface area contributed by atoms with E-state index in [2.05, 4.69) is 58.4 Å². The van der Waals surface area contributed by atoms with Crippen LogP contribution in [0.4, 0.5) is 11.8 Å². The van der Waals surface area contributed by atoms with E-state index in [1.54, 1.807) is 12.3 Å². The number of nitrogens with one attached hydrogen (secondary N) is 2. The molecule has 0 amide bonds. The zero-order chi connectivity index (χ0) is 27.1. The third kappa shape index (κ3) is 15.1. The van der Waals surface area contributed by atoms with Gasteiger partial charge in [-0.3, -0.25) is 0 Å². The molecule has 0 aliphatic carbocycles. The van der Waals surface area contributed by atoms with Crippen LogP contribution in [0.15, 0.2) is 21.7 Å². The molecule has 0 atom stereocenters. The first-order valence-electron chi connectivity index (χ1n) is 13.3. The second-order valence-corrected chi connectivity index (χ2v) is 7.30. The summed E-state index contributed by atoms with van der Waals surface area (Å²) >= 11 is 0. The molecule has 2 rings (SSSR count). The minimum atomic E-state index is 0.536. The summed E-state index contributed by atoms with van der Waals surface area (Å²) < 4.78 is 11.3. The van der Waals surface area contributed by atoms with Crippen LogP contribution >= 0.6 is 0 Å². The topological polar surface area (TPSA) is 87.8 Å². The van der Waals surface area contributed by atoms with Crippen molar-refractivity contribution in [3.8, 4) is 5.88 Å². The molecule has 0 fully saturated rings. The van der Waals surface area contributed by atoms with Gasteiger partial charge in [0.05, 0.1) is 11.9 Å². The molecule has 0 saturated heterocycles. The number of hydrazone groups is 1. The van der Waals surface area contributed by atoms with Crippen molar-refractivity contribution in [2.45, 2.75) is 88.5 Å². The fraction of sp³-hybridized carbons (Fsp3) is 0.667.